The minimum Gasteiger partial charge on any atom is -0.392 e. The van der Waals surface area contributed by atoms with Crippen molar-refractivity contribution in [2.24, 2.45) is 0 Å². The first-order valence-corrected chi connectivity index (χ1v) is 17.6. The number of hydrogen-bond donors (Lipinski definition) is 5. The zero-order valence-electron chi connectivity index (χ0n) is 29.3. The van der Waals surface area contributed by atoms with Crippen molar-refractivity contribution in [3.05, 3.63) is 131 Å². The number of carbonyl (C=O) groups is 2. The monoisotopic (exact) mass is 695 g/mol. The number of ether oxygens (including phenoxy) is 2. The minimum absolute atomic E-state index is 0.0260. The lowest BCUT2D eigenvalue weighted by molar-refractivity contribution is -0.253. The van der Waals surface area contributed by atoms with Crippen LogP contribution in [0.3, 0.4) is 0 Å². The Morgan fingerprint density at radius 2 is 1.49 bits per heavy atom. The molecule has 1 aliphatic heterocycles. The molecule has 270 valence electrons. The second kappa shape index (κ2) is 18.7. The Morgan fingerprint density at radius 1 is 0.843 bits per heavy atom. The SMILES string of the molecule is CC(C(O)c1ccccc1)N(C)CC1CC(c2ccc(CO)cc2)OC(c2ccc(-c3ccccc3CNC(=O)CCCCC(=O)NO)cc2)O1. The van der Waals surface area contributed by atoms with E-state index in [4.69, 9.17) is 14.7 Å². The quantitative estimate of drug-likeness (QED) is 0.0536. The molecule has 10 nitrogen and oxygen atoms in total. The summed E-state index contributed by atoms with van der Waals surface area (Å²) in [6, 6.07) is 33.4. The normalized spacial score (nSPS) is 18.6. The number of unbranched alkanes of at least 4 members (excludes halogenated alkanes) is 1. The van der Waals surface area contributed by atoms with Gasteiger partial charge in [0.15, 0.2) is 6.29 Å². The molecule has 0 spiro atoms. The number of aliphatic hydroxyl groups excluding tert-OH is 2. The molecule has 2 amide bonds. The Bertz CT molecular complexity index is 1680. The summed E-state index contributed by atoms with van der Waals surface area (Å²) in [4.78, 5) is 25.8. The number of hydrogen-bond acceptors (Lipinski definition) is 8. The van der Waals surface area contributed by atoms with Crippen molar-refractivity contribution in [3.8, 4) is 11.1 Å². The Balaban J connectivity index is 1.27. The van der Waals surface area contributed by atoms with Crippen molar-refractivity contribution in [2.45, 2.75) is 82.8 Å². The van der Waals surface area contributed by atoms with Crippen molar-refractivity contribution >= 4 is 11.8 Å². The molecular formula is C41H49N3O7. The number of nitrogens with zero attached hydrogens (tertiary/aromatic N) is 1. The molecule has 5 unspecified atom stereocenters. The summed E-state index contributed by atoms with van der Waals surface area (Å²) >= 11 is 0. The van der Waals surface area contributed by atoms with Gasteiger partial charge in [0.1, 0.15) is 0 Å². The molecule has 0 radical (unpaired) electrons. The number of aliphatic hydroxyl groups is 2. The fourth-order valence-electron chi connectivity index (χ4n) is 6.38. The summed E-state index contributed by atoms with van der Waals surface area (Å²) < 4.78 is 13.2. The van der Waals surface area contributed by atoms with E-state index in [1.54, 1.807) is 5.48 Å². The van der Waals surface area contributed by atoms with E-state index in [1.165, 1.54) is 0 Å². The van der Waals surface area contributed by atoms with E-state index in [2.05, 4.69) is 10.2 Å². The molecule has 51 heavy (non-hydrogen) atoms. The molecule has 10 heteroatoms. The number of benzene rings is 4. The highest BCUT2D eigenvalue weighted by Crippen LogP contribution is 2.39. The Hall–Kier alpha value is -4.42. The largest absolute Gasteiger partial charge is 0.392 e. The van der Waals surface area contributed by atoms with Gasteiger partial charge in [-0.15, -0.1) is 0 Å². The summed E-state index contributed by atoms with van der Waals surface area (Å²) in [5.41, 5.74) is 8.17. The third kappa shape index (κ3) is 10.6. The summed E-state index contributed by atoms with van der Waals surface area (Å²) in [6.45, 7) is 2.95. The van der Waals surface area contributed by atoms with Gasteiger partial charge >= 0.3 is 0 Å². The molecular weight excluding hydrogens is 646 g/mol. The second-order valence-electron chi connectivity index (χ2n) is 13.2. The summed E-state index contributed by atoms with van der Waals surface area (Å²) in [5, 5.41) is 32.3. The van der Waals surface area contributed by atoms with E-state index in [9.17, 15) is 19.8 Å². The van der Waals surface area contributed by atoms with Crippen LogP contribution >= 0.6 is 0 Å². The molecule has 1 heterocycles. The van der Waals surface area contributed by atoms with Crippen LogP contribution in [0.15, 0.2) is 103 Å². The maximum absolute atomic E-state index is 12.5. The van der Waals surface area contributed by atoms with Crippen LogP contribution in [0.25, 0.3) is 11.1 Å². The first kappa shape index (κ1) is 37.8. The van der Waals surface area contributed by atoms with E-state index in [1.807, 2.05) is 117 Å². The fraction of sp³-hybridized carbons (Fsp3) is 0.366. The number of nitrogens with one attached hydrogen (secondary N) is 2. The van der Waals surface area contributed by atoms with Crippen LogP contribution in [0, 0.1) is 0 Å². The topological polar surface area (TPSA) is 141 Å². The predicted octanol–water partition coefficient (Wildman–Crippen LogP) is 6.13. The van der Waals surface area contributed by atoms with Crippen molar-refractivity contribution in [3.63, 3.8) is 0 Å². The highest BCUT2D eigenvalue weighted by Gasteiger charge is 2.34. The van der Waals surface area contributed by atoms with Crippen LogP contribution in [-0.2, 0) is 32.2 Å². The van der Waals surface area contributed by atoms with Crippen molar-refractivity contribution in [1.82, 2.24) is 15.7 Å². The van der Waals surface area contributed by atoms with Gasteiger partial charge in [-0.25, -0.2) is 5.48 Å². The lowest BCUT2D eigenvalue weighted by atomic mass is 9.97. The molecule has 1 fully saturated rings. The average Bonchev–Trinajstić information content (AvgIpc) is 3.18. The summed E-state index contributed by atoms with van der Waals surface area (Å²) in [7, 11) is 2.00. The zero-order valence-corrected chi connectivity index (χ0v) is 29.3. The molecule has 4 aromatic rings. The van der Waals surface area contributed by atoms with E-state index < -0.39 is 18.3 Å². The van der Waals surface area contributed by atoms with Gasteiger partial charge in [-0.3, -0.25) is 19.7 Å². The summed E-state index contributed by atoms with van der Waals surface area (Å²) in [5.74, 6) is -0.552. The molecule has 1 saturated heterocycles. The molecule has 4 aromatic carbocycles. The smallest absolute Gasteiger partial charge is 0.243 e. The van der Waals surface area contributed by atoms with Gasteiger partial charge in [0.25, 0.3) is 0 Å². The van der Waals surface area contributed by atoms with Gasteiger partial charge in [-0.1, -0.05) is 103 Å². The Kier molecular flexibility index (Phi) is 13.9. The molecule has 5 N–H and O–H groups in total. The molecule has 0 bridgehead atoms. The zero-order chi connectivity index (χ0) is 36.2. The molecule has 0 aliphatic carbocycles. The van der Waals surface area contributed by atoms with Crippen LogP contribution in [-0.4, -0.2) is 57.9 Å². The second-order valence-corrected chi connectivity index (χ2v) is 13.2. The third-order valence-electron chi connectivity index (χ3n) is 9.57. The highest BCUT2D eigenvalue weighted by molar-refractivity contribution is 5.77. The first-order valence-electron chi connectivity index (χ1n) is 17.6. The van der Waals surface area contributed by atoms with Gasteiger partial charge in [0.05, 0.1) is 24.9 Å². The van der Waals surface area contributed by atoms with Gasteiger partial charge < -0.3 is 25.0 Å². The number of carbonyl (C=O) groups excluding carboxylic acids is 2. The Morgan fingerprint density at radius 3 is 2.18 bits per heavy atom. The minimum atomic E-state index is -0.649. The van der Waals surface area contributed by atoms with E-state index in [-0.39, 0.29) is 37.2 Å². The number of amides is 2. The lowest BCUT2D eigenvalue weighted by Gasteiger charge is -2.39. The van der Waals surface area contributed by atoms with Crippen molar-refractivity contribution in [1.29, 1.82) is 0 Å². The molecule has 0 aromatic heterocycles. The van der Waals surface area contributed by atoms with Gasteiger partial charge in [0.2, 0.25) is 11.8 Å². The Labute approximate surface area is 300 Å². The molecule has 5 rings (SSSR count). The summed E-state index contributed by atoms with van der Waals surface area (Å²) in [6.07, 6.45) is 0.475. The first-order chi connectivity index (χ1) is 24.7. The van der Waals surface area contributed by atoms with E-state index in [0.717, 1.165) is 38.9 Å². The number of hydroxylamine groups is 1. The standard InChI is InChI=1S/C41H49N3O7/c1-28(40(48)32-10-4-3-5-11-32)44(2)26-35-24-37(31-18-16-29(27-45)17-19-31)51-41(50-35)33-22-20-30(21-23-33)36-13-7-6-12-34(36)25-42-38(46)14-8-9-15-39(47)43-49/h3-7,10-13,16-23,28,35,37,40-41,45,48-49H,8-9,14-15,24-27H2,1-2H3,(H,42,46)(H,43,47). The lowest BCUT2D eigenvalue weighted by Crippen LogP contribution is -2.43. The van der Waals surface area contributed by atoms with Gasteiger partial charge in [-0.05, 0) is 60.2 Å². The van der Waals surface area contributed by atoms with E-state index >= 15 is 0 Å². The van der Waals surface area contributed by atoms with Crippen LogP contribution < -0.4 is 10.8 Å². The predicted molar refractivity (Wildman–Crippen MR) is 194 cm³/mol. The van der Waals surface area contributed by atoms with Crippen LogP contribution in [0.1, 0.15) is 85.3 Å². The van der Waals surface area contributed by atoms with Crippen molar-refractivity contribution in [2.75, 3.05) is 13.6 Å². The van der Waals surface area contributed by atoms with E-state index in [0.29, 0.717) is 38.8 Å². The molecule has 5 atom stereocenters. The highest BCUT2D eigenvalue weighted by atomic mass is 16.7. The van der Waals surface area contributed by atoms with Crippen molar-refractivity contribution < 1.29 is 34.5 Å². The third-order valence-corrected chi connectivity index (χ3v) is 9.57. The maximum Gasteiger partial charge on any atom is 0.243 e. The maximum atomic E-state index is 12.5. The van der Waals surface area contributed by atoms with Gasteiger partial charge in [0, 0.05) is 44.0 Å². The molecule has 0 saturated carbocycles. The van der Waals surface area contributed by atoms with Crippen LogP contribution in [0.4, 0.5) is 0 Å². The van der Waals surface area contributed by atoms with Crippen LogP contribution in [0.5, 0.6) is 0 Å². The fourth-order valence-corrected chi connectivity index (χ4v) is 6.38. The van der Waals surface area contributed by atoms with Gasteiger partial charge in [-0.2, -0.15) is 0 Å². The number of rotatable bonds is 16. The molecule has 1 aliphatic rings. The number of likely N-dealkylation sites (N-methyl/N-ethyl adjacent to an activating group) is 1. The van der Waals surface area contributed by atoms with Crippen LogP contribution in [0.2, 0.25) is 0 Å². The average molecular weight is 696 g/mol.